The number of hydrogen-bond donors (Lipinski definition) is 3. The molecule has 0 radical (unpaired) electrons. The van der Waals surface area contributed by atoms with Crippen LogP contribution in [-0.4, -0.2) is 56.9 Å². The molecule has 7 nitrogen and oxygen atoms in total. The second-order valence-corrected chi connectivity index (χ2v) is 6.51. The van der Waals surface area contributed by atoms with Crippen molar-refractivity contribution in [1.82, 2.24) is 4.90 Å². The fraction of sp³-hybridized carbons (Fsp3) is 0.250. The second kappa shape index (κ2) is 9.49. The van der Waals surface area contributed by atoms with Gasteiger partial charge in [0.2, 0.25) is 0 Å². The summed E-state index contributed by atoms with van der Waals surface area (Å²) in [7, 11) is 5.13. The first-order chi connectivity index (χ1) is 12.9. The van der Waals surface area contributed by atoms with E-state index in [1.165, 1.54) is 4.90 Å². The lowest BCUT2D eigenvalue weighted by Crippen LogP contribution is -3.11. The maximum atomic E-state index is 12.5. The van der Waals surface area contributed by atoms with Gasteiger partial charge < -0.3 is 20.4 Å². The van der Waals surface area contributed by atoms with E-state index in [4.69, 9.17) is 0 Å². The summed E-state index contributed by atoms with van der Waals surface area (Å²) in [6.45, 7) is 0.338. The van der Waals surface area contributed by atoms with Gasteiger partial charge in [0.25, 0.3) is 17.7 Å². The van der Waals surface area contributed by atoms with Gasteiger partial charge in [0.05, 0.1) is 18.3 Å². The summed E-state index contributed by atoms with van der Waals surface area (Å²) in [5.41, 5.74) is 1.48. The van der Waals surface area contributed by atoms with Crippen molar-refractivity contribution in [3.63, 3.8) is 0 Å². The molecule has 0 aliphatic rings. The second-order valence-electron chi connectivity index (χ2n) is 6.51. The Bertz CT molecular complexity index is 806. The zero-order chi connectivity index (χ0) is 19.8. The van der Waals surface area contributed by atoms with Gasteiger partial charge in [0, 0.05) is 19.8 Å². The van der Waals surface area contributed by atoms with E-state index in [2.05, 4.69) is 10.6 Å². The van der Waals surface area contributed by atoms with Gasteiger partial charge in [-0.3, -0.25) is 14.4 Å². The number of quaternary nitrogens is 1. The van der Waals surface area contributed by atoms with Crippen molar-refractivity contribution < 1.29 is 19.3 Å². The van der Waals surface area contributed by atoms with E-state index in [1.807, 2.05) is 18.2 Å². The molecule has 2 aromatic rings. The number of carbonyl (C=O) groups excluding carboxylic acids is 3. The average Bonchev–Trinajstić information content (AvgIpc) is 2.62. The van der Waals surface area contributed by atoms with Gasteiger partial charge in [-0.1, -0.05) is 30.3 Å². The topological polar surface area (TPSA) is 83.0 Å². The van der Waals surface area contributed by atoms with Gasteiger partial charge in [0.15, 0.2) is 13.1 Å². The van der Waals surface area contributed by atoms with Crippen LogP contribution in [0.3, 0.4) is 0 Å². The Hall–Kier alpha value is -3.19. The summed E-state index contributed by atoms with van der Waals surface area (Å²) < 4.78 is 0. The van der Waals surface area contributed by atoms with Gasteiger partial charge >= 0.3 is 0 Å². The van der Waals surface area contributed by atoms with Crippen molar-refractivity contribution in [3.8, 4) is 0 Å². The largest absolute Gasteiger partial charge is 0.344 e. The number of carbonyl (C=O) groups is 3. The standard InChI is InChI=1S/C20H24N4O3/c1-23(2)19(26)14-24(3)13-18(25)22-17-12-8-7-11-16(17)20(27)21-15-9-5-4-6-10-15/h4-12H,13-14H2,1-3H3,(H,21,27)(H,22,25)/p+1. The first-order valence-corrected chi connectivity index (χ1v) is 8.63. The third kappa shape index (κ3) is 6.23. The zero-order valence-electron chi connectivity index (χ0n) is 15.8. The lowest BCUT2D eigenvalue weighted by atomic mass is 10.1. The SMILES string of the molecule is CN(C)C(=O)C[NH+](C)CC(=O)Nc1ccccc1C(=O)Nc1ccccc1. The number of likely N-dealkylation sites (N-methyl/N-ethyl adjacent to an activating group) is 2. The molecule has 0 heterocycles. The van der Waals surface area contributed by atoms with Crippen LogP contribution in [0.25, 0.3) is 0 Å². The lowest BCUT2D eigenvalue weighted by Gasteiger charge is -2.17. The van der Waals surface area contributed by atoms with Crippen LogP contribution in [0.15, 0.2) is 54.6 Å². The molecule has 0 saturated carbocycles. The quantitative estimate of drug-likeness (QED) is 0.664. The molecular weight excluding hydrogens is 344 g/mol. The molecule has 0 spiro atoms. The molecule has 1 unspecified atom stereocenters. The number of anilines is 2. The molecule has 0 aromatic heterocycles. The Morgan fingerprint density at radius 3 is 2.19 bits per heavy atom. The van der Waals surface area contributed by atoms with Crippen LogP contribution >= 0.6 is 0 Å². The molecule has 0 bridgehead atoms. The first kappa shape index (κ1) is 20.1. The maximum Gasteiger partial charge on any atom is 0.279 e. The Balaban J connectivity index is 2.01. The fourth-order valence-corrected chi connectivity index (χ4v) is 2.46. The predicted molar refractivity (Wildman–Crippen MR) is 105 cm³/mol. The van der Waals surface area contributed by atoms with Crippen LogP contribution in [-0.2, 0) is 9.59 Å². The summed E-state index contributed by atoms with van der Waals surface area (Å²) in [5.74, 6) is -0.623. The van der Waals surface area contributed by atoms with Gasteiger partial charge in [0.1, 0.15) is 0 Å². The minimum atomic E-state index is -0.305. The highest BCUT2D eigenvalue weighted by Gasteiger charge is 2.18. The van der Waals surface area contributed by atoms with E-state index in [0.717, 1.165) is 4.90 Å². The highest BCUT2D eigenvalue weighted by molar-refractivity contribution is 6.10. The molecule has 3 amide bonds. The molecule has 0 aliphatic heterocycles. The molecular formula is C20H25N4O3+. The highest BCUT2D eigenvalue weighted by Crippen LogP contribution is 2.17. The van der Waals surface area contributed by atoms with Gasteiger partial charge in [-0.2, -0.15) is 0 Å². The Labute approximate surface area is 159 Å². The van der Waals surface area contributed by atoms with E-state index in [1.54, 1.807) is 57.5 Å². The van der Waals surface area contributed by atoms with Crippen molar-refractivity contribution in [3.05, 3.63) is 60.2 Å². The third-order valence-corrected chi connectivity index (χ3v) is 3.89. The number of hydrogen-bond acceptors (Lipinski definition) is 3. The molecule has 1 atom stereocenters. The molecule has 3 N–H and O–H groups in total. The Morgan fingerprint density at radius 1 is 0.889 bits per heavy atom. The van der Waals surface area contributed by atoms with Crippen LogP contribution in [0, 0.1) is 0 Å². The van der Waals surface area contributed by atoms with Crippen molar-refractivity contribution in [2.45, 2.75) is 0 Å². The first-order valence-electron chi connectivity index (χ1n) is 8.63. The van der Waals surface area contributed by atoms with E-state index < -0.39 is 0 Å². The summed E-state index contributed by atoms with van der Waals surface area (Å²) in [5, 5.41) is 5.57. The Kier molecular flexibility index (Phi) is 7.08. The van der Waals surface area contributed by atoms with E-state index in [9.17, 15) is 14.4 Å². The van der Waals surface area contributed by atoms with Crippen molar-refractivity contribution >= 4 is 29.1 Å². The van der Waals surface area contributed by atoms with Crippen molar-refractivity contribution in [2.24, 2.45) is 0 Å². The average molecular weight is 369 g/mol. The van der Waals surface area contributed by atoms with Crippen LogP contribution in [0.5, 0.6) is 0 Å². The molecule has 7 heteroatoms. The maximum absolute atomic E-state index is 12.5. The van der Waals surface area contributed by atoms with Crippen LogP contribution < -0.4 is 15.5 Å². The summed E-state index contributed by atoms with van der Waals surface area (Å²) in [4.78, 5) is 38.8. The molecule has 0 aliphatic carbocycles. The smallest absolute Gasteiger partial charge is 0.279 e. The van der Waals surface area contributed by atoms with Crippen LogP contribution in [0.1, 0.15) is 10.4 Å². The summed E-state index contributed by atoms with van der Waals surface area (Å²) in [6.07, 6.45) is 0. The molecule has 27 heavy (non-hydrogen) atoms. The zero-order valence-corrected chi connectivity index (χ0v) is 15.8. The van der Waals surface area contributed by atoms with Gasteiger partial charge in [-0.25, -0.2) is 0 Å². The monoisotopic (exact) mass is 369 g/mol. The number of amides is 3. The van der Waals surface area contributed by atoms with E-state index in [-0.39, 0.29) is 30.8 Å². The van der Waals surface area contributed by atoms with Crippen molar-refractivity contribution in [1.29, 1.82) is 0 Å². The van der Waals surface area contributed by atoms with Crippen LogP contribution in [0.4, 0.5) is 11.4 Å². The van der Waals surface area contributed by atoms with E-state index in [0.29, 0.717) is 16.9 Å². The predicted octanol–water partition coefficient (Wildman–Crippen LogP) is 0.480. The summed E-state index contributed by atoms with van der Waals surface area (Å²) in [6, 6.07) is 15.9. The van der Waals surface area contributed by atoms with E-state index >= 15 is 0 Å². The van der Waals surface area contributed by atoms with Crippen molar-refractivity contribution in [2.75, 3.05) is 44.9 Å². The molecule has 2 rings (SSSR count). The fourth-order valence-electron chi connectivity index (χ4n) is 2.46. The summed E-state index contributed by atoms with van der Waals surface area (Å²) >= 11 is 0. The number of nitrogens with zero attached hydrogens (tertiary/aromatic N) is 1. The minimum absolute atomic E-state index is 0.0528. The molecule has 142 valence electrons. The minimum Gasteiger partial charge on any atom is -0.344 e. The number of para-hydroxylation sites is 2. The van der Waals surface area contributed by atoms with Crippen LogP contribution in [0.2, 0.25) is 0 Å². The third-order valence-electron chi connectivity index (χ3n) is 3.89. The highest BCUT2D eigenvalue weighted by atomic mass is 16.2. The molecule has 2 aromatic carbocycles. The van der Waals surface area contributed by atoms with Gasteiger partial charge in [-0.05, 0) is 24.3 Å². The number of benzene rings is 2. The molecule has 0 fully saturated rings. The molecule has 0 saturated heterocycles. The number of nitrogens with one attached hydrogen (secondary N) is 3. The Morgan fingerprint density at radius 2 is 1.52 bits per heavy atom. The number of rotatable bonds is 7. The van der Waals surface area contributed by atoms with Gasteiger partial charge in [-0.15, -0.1) is 0 Å². The lowest BCUT2D eigenvalue weighted by molar-refractivity contribution is -0.862. The normalized spacial score (nSPS) is 11.4.